The Morgan fingerprint density at radius 1 is 1.00 bits per heavy atom. The summed E-state index contributed by atoms with van der Waals surface area (Å²) in [5.41, 5.74) is 7.36. The molecule has 2 rings (SSSR count). The second-order valence-electron chi connectivity index (χ2n) is 4.16. The van der Waals surface area contributed by atoms with Gasteiger partial charge >= 0.3 is 0 Å². The summed E-state index contributed by atoms with van der Waals surface area (Å²) in [5.74, 6) is 2.25. The number of anilines is 1. The van der Waals surface area contributed by atoms with E-state index < -0.39 is 0 Å². The Balaban J connectivity index is 2.14. The summed E-state index contributed by atoms with van der Waals surface area (Å²) in [6, 6.07) is 11.0. The molecule has 106 valence electrons. The summed E-state index contributed by atoms with van der Waals surface area (Å²) in [7, 11) is 3.25. The zero-order chi connectivity index (χ0) is 14.5. The van der Waals surface area contributed by atoms with Crippen molar-refractivity contribution in [1.82, 2.24) is 0 Å². The van der Waals surface area contributed by atoms with Crippen LogP contribution in [0.2, 0.25) is 0 Å². The molecule has 0 unspecified atom stereocenters. The number of ether oxygens (including phenoxy) is 3. The van der Waals surface area contributed by atoms with E-state index in [0.29, 0.717) is 12.3 Å². The van der Waals surface area contributed by atoms with Crippen LogP contribution in [0.5, 0.6) is 17.2 Å². The smallest absolute Gasteiger partial charge is 0.134 e. The minimum atomic E-state index is 0.374. The number of hydrogen-bond acceptors (Lipinski definition) is 4. The molecule has 0 spiro atoms. The van der Waals surface area contributed by atoms with E-state index in [9.17, 15) is 0 Å². The fourth-order valence-electron chi connectivity index (χ4n) is 1.79. The van der Waals surface area contributed by atoms with Crippen molar-refractivity contribution in [3.63, 3.8) is 0 Å². The zero-order valence-electron chi connectivity index (χ0n) is 11.4. The molecule has 20 heavy (non-hydrogen) atoms. The molecule has 0 aromatic heterocycles. The minimum absolute atomic E-state index is 0.374. The Hall–Kier alpha value is -1.88. The second-order valence-corrected chi connectivity index (χ2v) is 5.01. The first-order chi connectivity index (χ1) is 9.63. The molecule has 5 heteroatoms. The number of benzene rings is 2. The number of rotatable bonds is 5. The SMILES string of the molecule is COc1ccc(OCc2cc(N)ccc2OC)c(Br)c1. The summed E-state index contributed by atoms with van der Waals surface area (Å²) in [6.07, 6.45) is 0. The van der Waals surface area contributed by atoms with Crippen molar-refractivity contribution >= 4 is 21.6 Å². The van der Waals surface area contributed by atoms with Gasteiger partial charge in [0.1, 0.15) is 23.9 Å². The lowest BCUT2D eigenvalue weighted by Gasteiger charge is -2.12. The number of halogens is 1. The van der Waals surface area contributed by atoms with E-state index in [0.717, 1.165) is 27.3 Å². The highest BCUT2D eigenvalue weighted by atomic mass is 79.9. The molecule has 0 fully saturated rings. The molecule has 0 atom stereocenters. The molecular weight excluding hydrogens is 322 g/mol. The Morgan fingerprint density at radius 3 is 2.40 bits per heavy atom. The molecule has 0 saturated heterocycles. The first kappa shape index (κ1) is 14.5. The van der Waals surface area contributed by atoms with Crippen molar-refractivity contribution in [3.05, 3.63) is 46.4 Å². The van der Waals surface area contributed by atoms with Crippen LogP contribution in [0, 0.1) is 0 Å². The van der Waals surface area contributed by atoms with Crippen LogP contribution in [0.15, 0.2) is 40.9 Å². The van der Waals surface area contributed by atoms with Crippen LogP contribution >= 0.6 is 15.9 Å². The third-order valence-corrected chi connectivity index (χ3v) is 3.45. The zero-order valence-corrected chi connectivity index (χ0v) is 12.9. The number of nitrogen functional groups attached to an aromatic ring is 1. The van der Waals surface area contributed by atoms with Crippen LogP contribution in [0.1, 0.15) is 5.56 Å². The van der Waals surface area contributed by atoms with Gasteiger partial charge in [-0.3, -0.25) is 0 Å². The third-order valence-electron chi connectivity index (χ3n) is 2.83. The molecule has 2 aromatic carbocycles. The van der Waals surface area contributed by atoms with Crippen LogP contribution in [0.25, 0.3) is 0 Å². The topological polar surface area (TPSA) is 53.7 Å². The summed E-state index contributed by atoms with van der Waals surface area (Å²) in [6.45, 7) is 0.374. The second kappa shape index (κ2) is 6.52. The summed E-state index contributed by atoms with van der Waals surface area (Å²) >= 11 is 3.45. The maximum atomic E-state index is 5.78. The monoisotopic (exact) mass is 337 g/mol. The molecule has 0 aliphatic rings. The maximum absolute atomic E-state index is 5.78. The van der Waals surface area contributed by atoms with E-state index in [1.165, 1.54) is 0 Å². The van der Waals surface area contributed by atoms with Crippen molar-refractivity contribution in [2.75, 3.05) is 20.0 Å². The lowest BCUT2D eigenvalue weighted by molar-refractivity contribution is 0.294. The molecule has 2 N–H and O–H groups in total. The molecule has 0 aliphatic carbocycles. The molecule has 0 saturated carbocycles. The van der Waals surface area contributed by atoms with Gasteiger partial charge in [-0.25, -0.2) is 0 Å². The van der Waals surface area contributed by atoms with Gasteiger partial charge in [-0.15, -0.1) is 0 Å². The minimum Gasteiger partial charge on any atom is -0.497 e. The highest BCUT2D eigenvalue weighted by molar-refractivity contribution is 9.10. The maximum Gasteiger partial charge on any atom is 0.134 e. The van der Waals surface area contributed by atoms with Crippen molar-refractivity contribution in [3.8, 4) is 17.2 Å². The fraction of sp³-hybridized carbons (Fsp3) is 0.200. The van der Waals surface area contributed by atoms with Gasteiger partial charge in [-0.05, 0) is 52.3 Å². The van der Waals surface area contributed by atoms with Crippen molar-refractivity contribution in [2.45, 2.75) is 6.61 Å². The van der Waals surface area contributed by atoms with E-state index in [4.69, 9.17) is 19.9 Å². The van der Waals surface area contributed by atoms with Gasteiger partial charge in [0.25, 0.3) is 0 Å². The van der Waals surface area contributed by atoms with Crippen LogP contribution in [0.3, 0.4) is 0 Å². The number of nitrogens with two attached hydrogens (primary N) is 1. The van der Waals surface area contributed by atoms with Crippen LogP contribution < -0.4 is 19.9 Å². The average Bonchev–Trinajstić information content (AvgIpc) is 2.46. The quantitative estimate of drug-likeness (QED) is 0.846. The molecule has 0 heterocycles. The van der Waals surface area contributed by atoms with E-state index in [1.807, 2.05) is 30.3 Å². The van der Waals surface area contributed by atoms with Gasteiger partial charge in [-0.1, -0.05) is 0 Å². The fourth-order valence-corrected chi connectivity index (χ4v) is 2.26. The summed E-state index contributed by atoms with van der Waals surface area (Å²) in [5, 5.41) is 0. The molecule has 0 amide bonds. The highest BCUT2D eigenvalue weighted by Gasteiger charge is 2.07. The average molecular weight is 338 g/mol. The molecular formula is C15H16BrNO3. The normalized spacial score (nSPS) is 10.2. The van der Waals surface area contributed by atoms with Crippen LogP contribution in [-0.4, -0.2) is 14.2 Å². The Morgan fingerprint density at radius 2 is 1.75 bits per heavy atom. The lowest BCUT2D eigenvalue weighted by atomic mass is 10.2. The molecule has 0 aliphatic heterocycles. The van der Waals surface area contributed by atoms with Crippen molar-refractivity contribution < 1.29 is 14.2 Å². The van der Waals surface area contributed by atoms with Gasteiger partial charge in [0.15, 0.2) is 0 Å². The number of methoxy groups -OCH3 is 2. The predicted molar refractivity (Wildman–Crippen MR) is 82.4 cm³/mol. The number of hydrogen-bond donors (Lipinski definition) is 1. The van der Waals surface area contributed by atoms with Gasteiger partial charge < -0.3 is 19.9 Å². The summed E-state index contributed by atoms with van der Waals surface area (Å²) < 4.78 is 17.0. The highest BCUT2D eigenvalue weighted by Crippen LogP contribution is 2.30. The molecule has 4 nitrogen and oxygen atoms in total. The molecule has 2 aromatic rings. The van der Waals surface area contributed by atoms with E-state index in [1.54, 1.807) is 20.3 Å². The van der Waals surface area contributed by atoms with Crippen molar-refractivity contribution in [1.29, 1.82) is 0 Å². The first-order valence-corrected chi connectivity index (χ1v) is 6.82. The summed E-state index contributed by atoms with van der Waals surface area (Å²) in [4.78, 5) is 0. The van der Waals surface area contributed by atoms with E-state index in [2.05, 4.69) is 15.9 Å². The molecule has 0 radical (unpaired) electrons. The van der Waals surface area contributed by atoms with Gasteiger partial charge in [-0.2, -0.15) is 0 Å². The van der Waals surface area contributed by atoms with E-state index >= 15 is 0 Å². The van der Waals surface area contributed by atoms with Crippen LogP contribution in [-0.2, 0) is 6.61 Å². The van der Waals surface area contributed by atoms with Gasteiger partial charge in [0, 0.05) is 11.3 Å². The van der Waals surface area contributed by atoms with Gasteiger partial charge in [0.2, 0.25) is 0 Å². The van der Waals surface area contributed by atoms with Crippen molar-refractivity contribution in [2.24, 2.45) is 0 Å². The largest absolute Gasteiger partial charge is 0.497 e. The standard InChI is InChI=1S/C15H16BrNO3/c1-18-12-4-6-15(13(16)8-12)20-9-10-7-11(17)3-5-14(10)19-2/h3-8H,9,17H2,1-2H3. The predicted octanol–water partition coefficient (Wildman–Crippen LogP) is 3.63. The van der Waals surface area contributed by atoms with Crippen LogP contribution in [0.4, 0.5) is 5.69 Å². The van der Waals surface area contributed by atoms with Gasteiger partial charge in [0.05, 0.1) is 18.7 Å². The molecule has 0 bridgehead atoms. The Labute approximate surface area is 126 Å². The lowest BCUT2D eigenvalue weighted by Crippen LogP contribution is -2.00. The Kier molecular flexibility index (Phi) is 4.74. The third kappa shape index (κ3) is 3.36. The Bertz CT molecular complexity index is 602. The first-order valence-electron chi connectivity index (χ1n) is 6.02. The van der Waals surface area contributed by atoms with E-state index in [-0.39, 0.29) is 0 Å².